The summed E-state index contributed by atoms with van der Waals surface area (Å²) in [4.78, 5) is 30.1. The maximum absolute atomic E-state index is 12.0. The Morgan fingerprint density at radius 1 is 1.36 bits per heavy atom. The first-order chi connectivity index (χ1) is 10.6. The number of anilines is 1. The number of nitrogens with two attached hydrogens (primary N) is 1. The number of piperazine rings is 1. The topological polar surface area (TPSA) is 106 Å². The smallest absolute Gasteiger partial charge is 0.287 e. The number of nitrogens with zero attached hydrogens (tertiary/aromatic N) is 4. The Morgan fingerprint density at radius 3 is 2.64 bits per heavy atom. The van der Waals surface area contributed by atoms with Crippen LogP contribution in [0.4, 0.5) is 11.5 Å². The van der Waals surface area contributed by atoms with Gasteiger partial charge in [0.25, 0.3) is 5.69 Å². The number of carbonyl (C=O) groups is 1. The third-order valence-electron chi connectivity index (χ3n) is 3.39. The molecule has 9 heteroatoms. The van der Waals surface area contributed by atoms with Gasteiger partial charge in [0.2, 0.25) is 5.91 Å². The third kappa shape index (κ3) is 4.31. The number of hydrogen-bond acceptors (Lipinski definition) is 7. The molecule has 1 aliphatic heterocycles. The van der Waals surface area contributed by atoms with Crippen molar-refractivity contribution >= 4 is 29.2 Å². The highest BCUT2D eigenvalue weighted by atomic mass is 32.2. The molecule has 0 unspecified atom stereocenters. The molecule has 2 heterocycles. The Hall–Kier alpha value is -1.87. The van der Waals surface area contributed by atoms with E-state index in [1.54, 1.807) is 17.8 Å². The van der Waals surface area contributed by atoms with Gasteiger partial charge in [-0.05, 0) is 6.07 Å². The lowest BCUT2D eigenvalue weighted by molar-refractivity contribution is -0.385. The molecular weight excluding hydrogens is 306 g/mol. The SMILES string of the molecule is NCCSCC(=O)N1CCN(c2ccc([N+](=O)[O-])cn2)CC1. The van der Waals surface area contributed by atoms with Crippen molar-refractivity contribution in [2.45, 2.75) is 0 Å². The van der Waals surface area contributed by atoms with Crippen molar-refractivity contribution in [2.75, 3.05) is 49.1 Å². The molecular formula is C13H19N5O3S. The fraction of sp³-hybridized carbons (Fsp3) is 0.538. The van der Waals surface area contributed by atoms with Gasteiger partial charge < -0.3 is 15.5 Å². The highest BCUT2D eigenvalue weighted by Crippen LogP contribution is 2.17. The number of thioether (sulfide) groups is 1. The summed E-state index contributed by atoms with van der Waals surface area (Å²) in [5.41, 5.74) is 5.38. The summed E-state index contributed by atoms with van der Waals surface area (Å²) in [6.07, 6.45) is 1.26. The van der Waals surface area contributed by atoms with Crippen LogP contribution in [-0.4, -0.2) is 64.9 Å². The first kappa shape index (κ1) is 16.5. The largest absolute Gasteiger partial charge is 0.353 e. The molecule has 1 aromatic rings. The predicted molar refractivity (Wildman–Crippen MR) is 86.1 cm³/mol. The van der Waals surface area contributed by atoms with Gasteiger partial charge in [-0.3, -0.25) is 14.9 Å². The van der Waals surface area contributed by atoms with Crippen LogP contribution in [0.25, 0.3) is 0 Å². The zero-order valence-corrected chi connectivity index (χ0v) is 13.0. The Bertz CT molecular complexity index is 517. The predicted octanol–water partition coefficient (Wildman–Crippen LogP) is 0.330. The molecule has 8 nitrogen and oxygen atoms in total. The summed E-state index contributed by atoms with van der Waals surface area (Å²) >= 11 is 1.55. The van der Waals surface area contributed by atoms with Crippen LogP contribution in [0.3, 0.4) is 0 Å². The van der Waals surface area contributed by atoms with Gasteiger partial charge in [-0.2, -0.15) is 11.8 Å². The van der Waals surface area contributed by atoms with Gasteiger partial charge >= 0.3 is 0 Å². The number of hydrogen-bond donors (Lipinski definition) is 1. The summed E-state index contributed by atoms with van der Waals surface area (Å²) in [6.45, 7) is 3.22. The van der Waals surface area contributed by atoms with E-state index >= 15 is 0 Å². The first-order valence-electron chi connectivity index (χ1n) is 7.03. The van der Waals surface area contributed by atoms with Crippen molar-refractivity contribution in [2.24, 2.45) is 5.73 Å². The molecule has 2 rings (SSSR count). The molecule has 0 aromatic carbocycles. The van der Waals surface area contributed by atoms with E-state index < -0.39 is 4.92 Å². The molecule has 0 radical (unpaired) electrons. The molecule has 22 heavy (non-hydrogen) atoms. The molecule has 0 saturated carbocycles. The van der Waals surface area contributed by atoms with Crippen molar-refractivity contribution in [3.05, 3.63) is 28.4 Å². The van der Waals surface area contributed by atoms with Crippen molar-refractivity contribution in [1.29, 1.82) is 0 Å². The van der Waals surface area contributed by atoms with Crippen molar-refractivity contribution < 1.29 is 9.72 Å². The van der Waals surface area contributed by atoms with E-state index in [1.165, 1.54) is 12.3 Å². The summed E-state index contributed by atoms with van der Waals surface area (Å²) in [5, 5.41) is 10.6. The molecule has 1 amide bonds. The average molecular weight is 325 g/mol. The van der Waals surface area contributed by atoms with Crippen LogP contribution < -0.4 is 10.6 Å². The number of amides is 1. The lowest BCUT2D eigenvalue weighted by Crippen LogP contribution is -2.49. The zero-order valence-electron chi connectivity index (χ0n) is 12.2. The van der Waals surface area contributed by atoms with Gasteiger partial charge in [-0.15, -0.1) is 0 Å². The Kier molecular flexibility index (Phi) is 5.96. The summed E-state index contributed by atoms with van der Waals surface area (Å²) in [5.74, 6) is 2.09. The number of nitro groups is 1. The molecule has 0 atom stereocenters. The van der Waals surface area contributed by atoms with Crippen molar-refractivity contribution in [3.63, 3.8) is 0 Å². The van der Waals surface area contributed by atoms with Crippen LogP contribution in [-0.2, 0) is 4.79 Å². The fourth-order valence-electron chi connectivity index (χ4n) is 2.19. The molecule has 0 aliphatic carbocycles. The van der Waals surface area contributed by atoms with Crippen LogP contribution >= 0.6 is 11.8 Å². The highest BCUT2D eigenvalue weighted by Gasteiger charge is 2.22. The minimum atomic E-state index is -0.466. The number of aromatic nitrogens is 1. The fourth-order valence-corrected chi connectivity index (χ4v) is 2.86. The lowest BCUT2D eigenvalue weighted by atomic mass is 10.3. The molecule has 120 valence electrons. The molecule has 1 aliphatic rings. The van der Waals surface area contributed by atoms with Gasteiger partial charge in [-0.25, -0.2) is 4.98 Å². The monoisotopic (exact) mass is 325 g/mol. The maximum Gasteiger partial charge on any atom is 0.287 e. The minimum absolute atomic E-state index is 0.0190. The van der Waals surface area contributed by atoms with Crippen LogP contribution in [0.1, 0.15) is 0 Å². The molecule has 1 saturated heterocycles. The Morgan fingerprint density at radius 2 is 2.09 bits per heavy atom. The van der Waals surface area contributed by atoms with E-state index in [1.807, 2.05) is 9.80 Å². The van der Waals surface area contributed by atoms with E-state index in [-0.39, 0.29) is 11.6 Å². The van der Waals surface area contributed by atoms with E-state index in [2.05, 4.69) is 4.98 Å². The second-order valence-corrected chi connectivity index (χ2v) is 5.95. The molecule has 1 fully saturated rings. The second kappa shape index (κ2) is 7.95. The van der Waals surface area contributed by atoms with E-state index in [4.69, 9.17) is 5.73 Å². The van der Waals surface area contributed by atoms with Crippen molar-refractivity contribution in [1.82, 2.24) is 9.88 Å². The quantitative estimate of drug-likeness (QED) is 0.456. The first-order valence-corrected chi connectivity index (χ1v) is 8.18. The van der Waals surface area contributed by atoms with Crippen LogP contribution in [0.15, 0.2) is 18.3 Å². The molecule has 0 bridgehead atoms. The normalized spacial score (nSPS) is 15.0. The lowest BCUT2D eigenvalue weighted by Gasteiger charge is -2.35. The average Bonchev–Trinajstić information content (AvgIpc) is 2.55. The summed E-state index contributed by atoms with van der Waals surface area (Å²) in [7, 11) is 0. The number of carbonyl (C=O) groups excluding carboxylic acids is 1. The third-order valence-corrected chi connectivity index (χ3v) is 4.36. The van der Waals surface area contributed by atoms with E-state index in [9.17, 15) is 14.9 Å². The van der Waals surface area contributed by atoms with Crippen molar-refractivity contribution in [3.8, 4) is 0 Å². The maximum atomic E-state index is 12.0. The van der Waals surface area contributed by atoms with Gasteiger partial charge in [0, 0.05) is 44.5 Å². The van der Waals surface area contributed by atoms with Crippen LogP contribution in [0.2, 0.25) is 0 Å². The number of rotatable bonds is 6. The van der Waals surface area contributed by atoms with Gasteiger partial charge in [0.1, 0.15) is 12.0 Å². The standard InChI is InChI=1S/C13H19N5O3S/c14-3-8-22-10-13(19)17-6-4-16(5-7-17)12-2-1-11(9-15-12)18(20)21/h1-2,9H,3-8,10,14H2. The van der Waals surface area contributed by atoms with Crippen LogP contribution in [0.5, 0.6) is 0 Å². The molecule has 0 spiro atoms. The summed E-state index contributed by atoms with van der Waals surface area (Å²) in [6, 6.07) is 3.09. The Balaban J connectivity index is 1.83. The zero-order chi connectivity index (χ0) is 15.9. The number of pyridine rings is 1. The highest BCUT2D eigenvalue weighted by molar-refractivity contribution is 7.99. The minimum Gasteiger partial charge on any atom is -0.353 e. The van der Waals surface area contributed by atoms with E-state index in [0.29, 0.717) is 44.3 Å². The van der Waals surface area contributed by atoms with E-state index in [0.717, 1.165) is 5.75 Å². The molecule has 1 aromatic heterocycles. The van der Waals surface area contributed by atoms with Gasteiger partial charge in [0.05, 0.1) is 10.7 Å². The molecule has 2 N–H and O–H groups in total. The summed E-state index contributed by atoms with van der Waals surface area (Å²) < 4.78 is 0. The van der Waals surface area contributed by atoms with Gasteiger partial charge in [-0.1, -0.05) is 0 Å². The Labute approximate surface area is 132 Å². The second-order valence-electron chi connectivity index (χ2n) is 4.84. The van der Waals surface area contributed by atoms with Gasteiger partial charge in [0.15, 0.2) is 0 Å². The van der Waals surface area contributed by atoms with Crippen LogP contribution in [0, 0.1) is 10.1 Å².